The van der Waals surface area contributed by atoms with Crippen LogP contribution in [-0.4, -0.2) is 35.9 Å². The van der Waals surface area contributed by atoms with Crippen molar-refractivity contribution in [3.05, 3.63) is 35.9 Å². The van der Waals surface area contributed by atoms with Crippen molar-refractivity contribution in [3.63, 3.8) is 0 Å². The van der Waals surface area contributed by atoms with Crippen molar-refractivity contribution in [3.8, 4) is 0 Å². The standard InChI is InChI=1S/C14H17NO5/c16-13(17)12-7-6-11(9-19-12)15-14(18)20-8-10-4-2-1-3-5-10/h1-5,11-12H,6-9H2,(H,15,18)(H,16,17). The molecule has 1 aliphatic rings. The molecule has 1 heterocycles. The van der Waals surface area contributed by atoms with Crippen molar-refractivity contribution >= 4 is 12.1 Å². The highest BCUT2D eigenvalue weighted by molar-refractivity contribution is 5.72. The first-order valence-electron chi connectivity index (χ1n) is 6.47. The Morgan fingerprint density at radius 2 is 2.05 bits per heavy atom. The van der Waals surface area contributed by atoms with Crippen molar-refractivity contribution in [2.75, 3.05) is 6.61 Å². The van der Waals surface area contributed by atoms with Gasteiger partial charge in [0.2, 0.25) is 0 Å². The fourth-order valence-corrected chi connectivity index (χ4v) is 1.99. The summed E-state index contributed by atoms with van der Waals surface area (Å²) < 4.78 is 10.2. The molecule has 2 unspecified atom stereocenters. The lowest BCUT2D eigenvalue weighted by molar-refractivity contribution is -0.153. The summed E-state index contributed by atoms with van der Waals surface area (Å²) in [6.45, 7) is 0.398. The van der Waals surface area contributed by atoms with Gasteiger partial charge in [-0.3, -0.25) is 0 Å². The Morgan fingerprint density at radius 1 is 1.30 bits per heavy atom. The third-order valence-corrected chi connectivity index (χ3v) is 3.09. The molecular weight excluding hydrogens is 262 g/mol. The van der Waals surface area contributed by atoms with Crippen LogP contribution in [0.2, 0.25) is 0 Å². The first kappa shape index (κ1) is 14.3. The Balaban J connectivity index is 1.69. The fraction of sp³-hybridized carbons (Fsp3) is 0.429. The quantitative estimate of drug-likeness (QED) is 0.873. The van der Waals surface area contributed by atoms with E-state index in [1.54, 1.807) is 0 Å². The molecule has 0 aliphatic carbocycles. The van der Waals surface area contributed by atoms with E-state index in [9.17, 15) is 9.59 Å². The number of alkyl carbamates (subject to hydrolysis) is 1. The van der Waals surface area contributed by atoms with Crippen molar-refractivity contribution < 1.29 is 24.2 Å². The Kier molecular flexibility index (Phi) is 4.95. The number of hydrogen-bond acceptors (Lipinski definition) is 4. The highest BCUT2D eigenvalue weighted by Crippen LogP contribution is 2.14. The number of carbonyl (C=O) groups is 2. The lowest BCUT2D eigenvalue weighted by Crippen LogP contribution is -2.44. The molecule has 20 heavy (non-hydrogen) atoms. The Bertz CT molecular complexity index is 454. The molecule has 2 atom stereocenters. The molecular formula is C14H17NO5. The highest BCUT2D eigenvalue weighted by atomic mass is 16.6. The van der Waals surface area contributed by atoms with Crippen molar-refractivity contribution in [2.45, 2.75) is 31.6 Å². The maximum atomic E-state index is 11.6. The second-order valence-corrected chi connectivity index (χ2v) is 4.64. The molecule has 6 heteroatoms. The van der Waals surface area contributed by atoms with E-state index in [0.29, 0.717) is 12.8 Å². The number of amides is 1. The van der Waals surface area contributed by atoms with Gasteiger partial charge in [-0.2, -0.15) is 0 Å². The third-order valence-electron chi connectivity index (χ3n) is 3.09. The van der Waals surface area contributed by atoms with Crippen molar-refractivity contribution in [1.29, 1.82) is 0 Å². The van der Waals surface area contributed by atoms with Gasteiger partial charge in [-0.25, -0.2) is 9.59 Å². The topological polar surface area (TPSA) is 84.9 Å². The summed E-state index contributed by atoms with van der Waals surface area (Å²) in [6, 6.07) is 9.17. The second-order valence-electron chi connectivity index (χ2n) is 4.64. The van der Waals surface area contributed by atoms with Crippen LogP contribution in [-0.2, 0) is 20.9 Å². The molecule has 1 amide bonds. The van der Waals surface area contributed by atoms with E-state index in [0.717, 1.165) is 5.56 Å². The van der Waals surface area contributed by atoms with Gasteiger partial charge in [-0.15, -0.1) is 0 Å². The van der Waals surface area contributed by atoms with Crippen molar-refractivity contribution in [2.24, 2.45) is 0 Å². The van der Waals surface area contributed by atoms with Gasteiger partial charge in [0, 0.05) is 0 Å². The van der Waals surface area contributed by atoms with Crippen LogP contribution in [0.1, 0.15) is 18.4 Å². The van der Waals surface area contributed by atoms with Crippen LogP contribution in [0.3, 0.4) is 0 Å². The van der Waals surface area contributed by atoms with Gasteiger partial charge >= 0.3 is 12.1 Å². The molecule has 1 aliphatic heterocycles. The van der Waals surface area contributed by atoms with E-state index in [1.165, 1.54) is 0 Å². The van der Waals surface area contributed by atoms with E-state index in [-0.39, 0.29) is 19.3 Å². The third kappa shape index (κ3) is 4.24. The first-order valence-corrected chi connectivity index (χ1v) is 6.47. The van der Waals surface area contributed by atoms with E-state index >= 15 is 0 Å². The van der Waals surface area contributed by atoms with E-state index in [2.05, 4.69) is 5.32 Å². The summed E-state index contributed by atoms with van der Waals surface area (Å²) in [5.41, 5.74) is 0.911. The maximum Gasteiger partial charge on any atom is 0.407 e. The van der Waals surface area contributed by atoms with Crippen LogP contribution in [0.25, 0.3) is 0 Å². The average Bonchev–Trinajstić information content (AvgIpc) is 2.47. The number of ether oxygens (including phenoxy) is 2. The summed E-state index contributed by atoms with van der Waals surface area (Å²) in [5, 5.41) is 11.4. The summed E-state index contributed by atoms with van der Waals surface area (Å²) in [6.07, 6.45) is -0.333. The minimum absolute atomic E-state index is 0.192. The zero-order chi connectivity index (χ0) is 14.4. The van der Waals surface area contributed by atoms with Crippen LogP contribution in [0.15, 0.2) is 30.3 Å². The summed E-state index contributed by atoms with van der Waals surface area (Å²) in [4.78, 5) is 22.3. The number of rotatable bonds is 4. The number of carboxylic acids is 1. The summed E-state index contributed by atoms with van der Waals surface area (Å²) in [5.74, 6) is -0.963. The van der Waals surface area contributed by atoms with Crippen LogP contribution < -0.4 is 5.32 Å². The molecule has 0 radical (unpaired) electrons. The smallest absolute Gasteiger partial charge is 0.407 e. The molecule has 1 aromatic rings. The number of nitrogens with one attached hydrogen (secondary N) is 1. The predicted molar refractivity (Wildman–Crippen MR) is 70.2 cm³/mol. The SMILES string of the molecule is O=C(NC1CCC(C(=O)O)OC1)OCc1ccccc1. The highest BCUT2D eigenvalue weighted by Gasteiger charge is 2.27. The summed E-state index contributed by atoms with van der Waals surface area (Å²) >= 11 is 0. The van der Waals surface area contributed by atoms with Crippen LogP contribution >= 0.6 is 0 Å². The minimum Gasteiger partial charge on any atom is -0.479 e. The number of aliphatic carboxylic acids is 1. The lowest BCUT2D eigenvalue weighted by Gasteiger charge is -2.26. The molecule has 108 valence electrons. The number of carboxylic acid groups (broad SMARTS) is 1. The van der Waals surface area contributed by atoms with Gasteiger partial charge in [-0.1, -0.05) is 30.3 Å². The van der Waals surface area contributed by atoms with Crippen molar-refractivity contribution in [1.82, 2.24) is 5.32 Å². The number of benzene rings is 1. The van der Waals surface area contributed by atoms with Crippen LogP contribution in [0.4, 0.5) is 4.79 Å². The molecule has 2 rings (SSSR count). The fourth-order valence-electron chi connectivity index (χ4n) is 1.99. The molecule has 1 fully saturated rings. The normalized spacial score (nSPS) is 22.0. The monoisotopic (exact) mass is 279 g/mol. The summed E-state index contributed by atoms with van der Waals surface area (Å²) in [7, 11) is 0. The van der Waals surface area contributed by atoms with Gasteiger partial charge in [0.05, 0.1) is 12.6 Å². The molecule has 1 saturated heterocycles. The van der Waals surface area contributed by atoms with Crippen LogP contribution in [0, 0.1) is 0 Å². The maximum absolute atomic E-state index is 11.6. The molecule has 0 aromatic heterocycles. The van der Waals surface area contributed by atoms with Crippen LogP contribution in [0.5, 0.6) is 0 Å². The molecule has 1 aromatic carbocycles. The molecule has 0 bridgehead atoms. The zero-order valence-corrected chi connectivity index (χ0v) is 11.0. The van der Waals surface area contributed by atoms with E-state index in [4.69, 9.17) is 14.6 Å². The molecule has 6 nitrogen and oxygen atoms in total. The molecule has 0 spiro atoms. The second kappa shape index (κ2) is 6.91. The lowest BCUT2D eigenvalue weighted by atomic mass is 10.1. The van der Waals surface area contributed by atoms with Gasteiger partial charge in [0.25, 0.3) is 0 Å². The number of hydrogen-bond donors (Lipinski definition) is 2. The average molecular weight is 279 g/mol. The van der Waals surface area contributed by atoms with E-state index in [1.807, 2.05) is 30.3 Å². The molecule has 0 saturated carbocycles. The number of carbonyl (C=O) groups excluding carboxylic acids is 1. The molecule has 2 N–H and O–H groups in total. The largest absolute Gasteiger partial charge is 0.479 e. The Labute approximate surface area is 116 Å². The van der Waals surface area contributed by atoms with Gasteiger partial charge in [0.15, 0.2) is 6.10 Å². The van der Waals surface area contributed by atoms with Gasteiger partial charge < -0.3 is 19.9 Å². The minimum atomic E-state index is -0.963. The van der Waals surface area contributed by atoms with Gasteiger partial charge in [0.1, 0.15) is 6.61 Å². The zero-order valence-electron chi connectivity index (χ0n) is 11.0. The predicted octanol–water partition coefficient (Wildman–Crippen LogP) is 1.54. The Hall–Kier alpha value is -2.08. The first-order chi connectivity index (χ1) is 9.65. The Morgan fingerprint density at radius 3 is 2.65 bits per heavy atom. The van der Waals surface area contributed by atoms with Gasteiger partial charge in [-0.05, 0) is 18.4 Å². The van der Waals surface area contributed by atoms with E-state index < -0.39 is 18.2 Å².